The molecule has 1 aromatic rings. The number of nitrogens with one attached hydrogen (secondary N) is 3. The summed E-state index contributed by atoms with van der Waals surface area (Å²) in [5, 5.41) is 8.72. The summed E-state index contributed by atoms with van der Waals surface area (Å²) in [5.74, 6) is 0.00691. The van der Waals surface area contributed by atoms with Gasteiger partial charge in [-0.2, -0.15) is 0 Å². The van der Waals surface area contributed by atoms with Crippen LogP contribution in [-0.4, -0.2) is 73.5 Å². The SMILES string of the molecule is CCCNC(=O)CN1CCC(NC(=O)CCNC(=O)N(C)Cc2ccccc2)CC1. The van der Waals surface area contributed by atoms with Gasteiger partial charge in [0.2, 0.25) is 11.8 Å². The number of amides is 4. The zero-order valence-electron chi connectivity index (χ0n) is 18.2. The first-order valence-electron chi connectivity index (χ1n) is 10.8. The van der Waals surface area contributed by atoms with Crippen molar-refractivity contribution in [3.8, 4) is 0 Å². The lowest BCUT2D eigenvalue weighted by Gasteiger charge is -2.31. The Morgan fingerprint density at radius 2 is 1.73 bits per heavy atom. The molecular formula is C22H35N5O3. The molecule has 3 N–H and O–H groups in total. The minimum Gasteiger partial charge on any atom is -0.355 e. The second-order valence-corrected chi connectivity index (χ2v) is 7.79. The van der Waals surface area contributed by atoms with Crippen LogP contribution >= 0.6 is 0 Å². The number of likely N-dealkylation sites (tertiary alicyclic amines) is 1. The maximum Gasteiger partial charge on any atom is 0.317 e. The summed E-state index contributed by atoms with van der Waals surface area (Å²) < 4.78 is 0. The molecule has 0 atom stereocenters. The third kappa shape index (κ3) is 8.82. The van der Waals surface area contributed by atoms with E-state index in [0.717, 1.165) is 37.9 Å². The van der Waals surface area contributed by atoms with E-state index in [4.69, 9.17) is 0 Å². The first-order valence-corrected chi connectivity index (χ1v) is 10.8. The van der Waals surface area contributed by atoms with Crippen LogP contribution < -0.4 is 16.0 Å². The van der Waals surface area contributed by atoms with Crippen molar-refractivity contribution in [1.82, 2.24) is 25.8 Å². The van der Waals surface area contributed by atoms with E-state index in [1.807, 2.05) is 37.3 Å². The number of carbonyl (C=O) groups excluding carboxylic acids is 3. The third-order valence-electron chi connectivity index (χ3n) is 5.13. The summed E-state index contributed by atoms with van der Waals surface area (Å²) in [4.78, 5) is 39.8. The van der Waals surface area contributed by atoms with Crippen LogP contribution in [0.4, 0.5) is 4.79 Å². The molecule has 166 valence electrons. The summed E-state index contributed by atoms with van der Waals surface area (Å²) in [6.07, 6.45) is 2.85. The van der Waals surface area contributed by atoms with E-state index >= 15 is 0 Å². The number of hydrogen-bond acceptors (Lipinski definition) is 4. The molecule has 1 aromatic carbocycles. The van der Waals surface area contributed by atoms with Gasteiger partial charge in [-0.25, -0.2) is 4.79 Å². The highest BCUT2D eigenvalue weighted by atomic mass is 16.2. The molecule has 0 bridgehead atoms. The van der Waals surface area contributed by atoms with Crippen molar-refractivity contribution in [2.45, 2.75) is 45.2 Å². The Labute approximate surface area is 179 Å². The maximum absolute atomic E-state index is 12.2. The Hall–Kier alpha value is -2.61. The monoisotopic (exact) mass is 417 g/mol. The summed E-state index contributed by atoms with van der Waals surface area (Å²) >= 11 is 0. The topological polar surface area (TPSA) is 93.8 Å². The number of benzene rings is 1. The molecule has 0 radical (unpaired) electrons. The highest BCUT2D eigenvalue weighted by Crippen LogP contribution is 2.10. The molecule has 0 spiro atoms. The van der Waals surface area contributed by atoms with Crippen molar-refractivity contribution in [2.24, 2.45) is 0 Å². The molecule has 0 unspecified atom stereocenters. The number of carbonyl (C=O) groups is 3. The van der Waals surface area contributed by atoms with Gasteiger partial charge >= 0.3 is 6.03 Å². The quantitative estimate of drug-likeness (QED) is 0.535. The van der Waals surface area contributed by atoms with Gasteiger partial charge in [0.25, 0.3) is 0 Å². The Bertz CT molecular complexity index is 675. The van der Waals surface area contributed by atoms with Crippen LogP contribution in [-0.2, 0) is 16.1 Å². The predicted molar refractivity (Wildman–Crippen MR) is 117 cm³/mol. The number of rotatable bonds is 10. The molecule has 1 fully saturated rings. The first-order chi connectivity index (χ1) is 14.5. The van der Waals surface area contributed by atoms with E-state index in [0.29, 0.717) is 26.2 Å². The van der Waals surface area contributed by atoms with E-state index < -0.39 is 0 Å². The van der Waals surface area contributed by atoms with Gasteiger partial charge in [0.05, 0.1) is 6.54 Å². The predicted octanol–water partition coefficient (Wildman–Crippen LogP) is 1.32. The Balaban J connectivity index is 1.58. The van der Waals surface area contributed by atoms with Crippen molar-refractivity contribution in [3.63, 3.8) is 0 Å². The Kier molecular flexibility index (Phi) is 10.1. The van der Waals surface area contributed by atoms with Crippen LogP contribution in [0, 0.1) is 0 Å². The summed E-state index contributed by atoms with van der Waals surface area (Å²) in [5.41, 5.74) is 1.06. The molecule has 1 heterocycles. The maximum atomic E-state index is 12.2. The zero-order valence-corrected chi connectivity index (χ0v) is 18.2. The average Bonchev–Trinajstić information content (AvgIpc) is 2.74. The largest absolute Gasteiger partial charge is 0.355 e. The fourth-order valence-electron chi connectivity index (χ4n) is 3.41. The van der Waals surface area contributed by atoms with Crippen molar-refractivity contribution >= 4 is 17.8 Å². The zero-order chi connectivity index (χ0) is 21.8. The highest BCUT2D eigenvalue weighted by molar-refractivity contribution is 5.78. The summed E-state index contributed by atoms with van der Waals surface area (Å²) in [6.45, 7) is 5.58. The lowest BCUT2D eigenvalue weighted by atomic mass is 10.0. The van der Waals surface area contributed by atoms with Crippen molar-refractivity contribution in [3.05, 3.63) is 35.9 Å². The molecule has 8 heteroatoms. The standard InChI is InChI=1S/C22H35N5O3/c1-3-12-23-21(29)17-27-14-10-19(11-15-27)25-20(28)9-13-24-22(30)26(2)16-18-7-5-4-6-8-18/h4-8,19H,3,9-17H2,1-2H3,(H,23,29)(H,24,30)(H,25,28). The second kappa shape index (κ2) is 12.8. The molecule has 30 heavy (non-hydrogen) atoms. The van der Waals surface area contributed by atoms with Gasteiger partial charge < -0.3 is 20.9 Å². The fourth-order valence-corrected chi connectivity index (χ4v) is 3.41. The van der Waals surface area contributed by atoms with Crippen molar-refractivity contribution in [1.29, 1.82) is 0 Å². The minimum absolute atomic E-state index is 0.0554. The lowest BCUT2D eigenvalue weighted by Crippen LogP contribution is -2.48. The number of nitrogens with zero attached hydrogens (tertiary/aromatic N) is 2. The van der Waals surface area contributed by atoms with Gasteiger partial charge in [-0.3, -0.25) is 14.5 Å². The van der Waals surface area contributed by atoms with E-state index in [2.05, 4.69) is 20.9 Å². The number of urea groups is 1. The van der Waals surface area contributed by atoms with Crippen LogP contribution in [0.1, 0.15) is 38.2 Å². The van der Waals surface area contributed by atoms with Gasteiger partial charge in [0.1, 0.15) is 0 Å². The van der Waals surface area contributed by atoms with E-state index in [1.54, 1.807) is 11.9 Å². The molecule has 2 rings (SSSR count). The Morgan fingerprint density at radius 1 is 1.03 bits per heavy atom. The minimum atomic E-state index is -0.193. The molecule has 1 aliphatic rings. The molecule has 0 saturated carbocycles. The summed E-state index contributed by atoms with van der Waals surface area (Å²) in [6, 6.07) is 9.70. The van der Waals surface area contributed by atoms with Crippen molar-refractivity contribution < 1.29 is 14.4 Å². The number of piperidine rings is 1. The smallest absolute Gasteiger partial charge is 0.317 e. The molecule has 1 saturated heterocycles. The van der Waals surface area contributed by atoms with E-state index in [1.165, 1.54) is 0 Å². The molecule has 4 amide bonds. The normalized spacial score (nSPS) is 14.7. The third-order valence-corrected chi connectivity index (χ3v) is 5.13. The van der Waals surface area contributed by atoms with Gasteiger partial charge in [-0.1, -0.05) is 37.3 Å². The van der Waals surface area contributed by atoms with Crippen molar-refractivity contribution in [2.75, 3.05) is 39.8 Å². The van der Waals surface area contributed by atoms with Gasteiger partial charge in [0.15, 0.2) is 0 Å². The van der Waals surface area contributed by atoms with Crippen LogP contribution in [0.15, 0.2) is 30.3 Å². The molecule has 8 nitrogen and oxygen atoms in total. The van der Waals surface area contributed by atoms with Crippen LogP contribution in [0.25, 0.3) is 0 Å². The van der Waals surface area contributed by atoms with Gasteiger partial charge in [-0.05, 0) is 24.8 Å². The molecule has 0 aromatic heterocycles. The highest BCUT2D eigenvalue weighted by Gasteiger charge is 2.22. The molecular weight excluding hydrogens is 382 g/mol. The molecule has 0 aliphatic carbocycles. The Morgan fingerprint density at radius 3 is 2.40 bits per heavy atom. The molecule has 1 aliphatic heterocycles. The van der Waals surface area contributed by atoms with Gasteiger partial charge in [0, 0.05) is 52.2 Å². The fraction of sp³-hybridized carbons (Fsp3) is 0.591. The summed E-state index contributed by atoms with van der Waals surface area (Å²) in [7, 11) is 1.73. The lowest BCUT2D eigenvalue weighted by molar-refractivity contribution is -0.124. The second-order valence-electron chi connectivity index (χ2n) is 7.79. The van der Waals surface area contributed by atoms with E-state index in [-0.39, 0.29) is 30.3 Å². The van der Waals surface area contributed by atoms with Crippen LogP contribution in [0.2, 0.25) is 0 Å². The average molecular weight is 418 g/mol. The first kappa shape index (κ1) is 23.7. The number of hydrogen-bond donors (Lipinski definition) is 3. The van der Waals surface area contributed by atoms with Crippen LogP contribution in [0.5, 0.6) is 0 Å². The van der Waals surface area contributed by atoms with Crippen LogP contribution in [0.3, 0.4) is 0 Å². The van der Waals surface area contributed by atoms with Gasteiger partial charge in [-0.15, -0.1) is 0 Å². The van der Waals surface area contributed by atoms with E-state index in [9.17, 15) is 14.4 Å².